The molecule has 158 valence electrons. The Labute approximate surface area is 181 Å². The lowest BCUT2D eigenvalue weighted by Crippen LogP contribution is -2.30. The van der Waals surface area contributed by atoms with Gasteiger partial charge in [-0.05, 0) is 44.0 Å². The number of aryl methyl sites for hydroxylation is 2. The van der Waals surface area contributed by atoms with E-state index in [1.807, 2.05) is 17.0 Å². The molecule has 2 N–H and O–H groups in total. The number of nitrogens with zero attached hydrogens (tertiary/aromatic N) is 3. The number of carbonyl (C=O) groups is 2. The van der Waals surface area contributed by atoms with Crippen LogP contribution in [0.4, 0.5) is 0 Å². The maximum Gasteiger partial charge on any atom is 0.261 e. The minimum atomic E-state index is -0.0684. The van der Waals surface area contributed by atoms with Gasteiger partial charge < -0.3 is 15.5 Å². The molecule has 1 unspecified atom stereocenters. The van der Waals surface area contributed by atoms with Gasteiger partial charge >= 0.3 is 0 Å². The number of likely N-dealkylation sites (tertiary alicyclic amines) is 1. The van der Waals surface area contributed by atoms with Crippen LogP contribution in [-0.2, 0) is 24.3 Å². The minimum absolute atomic E-state index is 0. The fourth-order valence-electron chi connectivity index (χ4n) is 4.06. The van der Waals surface area contributed by atoms with E-state index in [2.05, 4.69) is 26.5 Å². The summed E-state index contributed by atoms with van der Waals surface area (Å²) >= 11 is 1.49. The molecule has 0 spiro atoms. The van der Waals surface area contributed by atoms with Crippen LogP contribution in [0.5, 0.6) is 0 Å². The van der Waals surface area contributed by atoms with Crippen molar-refractivity contribution in [1.82, 2.24) is 25.3 Å². The summed E-state index contributed by atoms with van der Waals surface area (Å²) in [5.74, 6) is 0.111. The van der Waals surface area contributed by atoms with Gasteiger partial charge in [0.15, 0.2) is 0 Å². The van der Waals surface area contributed by atoms with Gasteiger partial charge in [0.05, 0.1) is 22.3 Å². The molecule has 0 radical (unpaired) electrons. The maximum atomic E-state index is 12.9. The molecule has 2 aromatic heterocycles. The van der Waals surface area contributed by atoms with Crippen molar-refractivity contribution >= 4 is 35.6 Å². The Morgan fingerprint density at radius 1 is 1.31 bits per heavy atom. The largest absolute Gasteiger partial charge is 0.354 e. The Kier molecular flexibility index (Phi) is 7.32. The molecule has 29 heavy (non-hydrogen) atoms. The van der Waals surface area contributed by atoms with Gasteiger partial charge in [0, 0.05) is 44.4 Å². The van der Waals surface area contributed by atoms with Gasteiger partial charge in [0.2, 0.25) is 5.91 Å². The highest BCUT2D eigenvalue weighted by atomic mass is 35.5. The molecule has 0 aliphatic carbocycles. The van der Waals surface area contributed by atoms with E-state index in [1.165, 1.54) is 17.0 Å². The van der Waals surface area contributed by atoms with Crippen LogP contribution < -0.4 is 10.6 Å². The molecular formula is C20H28ClN5O2S. The fourth-order valence-corrected chi connectivity index (χ4v) is 5.16. The topological polar surface area (TPSA) is 79.3 Å². The smallest absolute Gasteiger partial charge is 0.261 e. The Balaban J connectivity index is 0.00000240. The van der Waals surface area contributed by atoms with Crippen LogP contribution in [0.2, 0.25) is 0 Å². The summed E-state index contributed by atoms with van der Waals surface area (Å²) in [6, 6.07) is 6.07. The molecule has 0 bridgehead atoms. The van der Waals surface area contributed by atoms with Gasteiger partial charge in [-0.1, -0.05) is 0 Å². The summed E-state index contributed by atoms with van der Waals surface area (Å²) < 4.78 is 2.07. The average molecular weight is 438 g/mol. The van der Waals surface area contributed by atoms with E-state index in [0.29, 0.717) is 17.7 Å². The van der Waals surface area contributed by atoms with Crippen molar-refractivity contribution in [3.63, 3.8) is 0 Å². The number of fused-ring (bicyclic) bond motifs is 1. The van der Waals surface area contributed by atoms with Gasteiger partial charge in [0.25, 0.3) is 5.91 Å². The lowest BCUT2D eigenvalue weighted by atomic mass is 10.1. The molecule has 1 atom stereocenters. The molecule has 2 amide bonds. The standard InChI is InChI=1S/C20H27N5O2S.ClH/c1-21-20(27)18-7-6-17(28-18)16-4-2-10-24(16)19(26)8-5-14-12-15-13-22-9-3-11-25(15)23-14;/h6-7,12,16,22H,2-5,8-11,13H2,1H3,(H,21,27);1H. The SMILES string of the molecule is CNC(=O)c1ccc(C2CCCN2C(=O)CCc2cc3n(n2)CCCNC3)s1.Cl. The predicted octanol–water partition coefficient (Wildman–Crippen LogP) is 2.52. The lowest BCUT2D eigenvalue weighted by Gasteiger charge is -2.23. The first kappa shape index (κ1) is 21.8. The normalized spacial score (nSPS) is 18.7. The number of rotatable bonds is 5. The molecule has 0 saturated carbocycles. The molecule has 0 aromatic carbocycles. The maximum absolute atomic E-state index is 12.9. The molecule has 4 heterocycles. The molecular weight excluding hydrogens is 410 g/mol. The number of halogens is 1. The van der Waals surface area contributed by atoms with Crippen LogP contribution >= 0.6 is 23.7 Å². The van der Waals surface area contributed by atoms with E-state index in [4.69, 9.17) is 0 Å². The number of amides is 2. The van der Waals surface area contributed by atoms with Crippen LogP contribution in [0.25, 0.3) is 0 Å². The number of hydrogen-bond donors (Lipinski definition) is 2. The third kappa shape index (κ3) is 4.82. The van der Waals surface area contributed by atoms with E-state index < -0.39 is 0 Å². The average Bonchev–Trinajstić information content (AvgIpc) is 3.42. The zero-order chi connectivity index (χ0) is 19.5. The molecule has 4 rings (SSSR count). The first-order chi connectivity index (χ1) is 13.7. The van der Waals surface area contributed by atoms with Gasteiger partial charge in [-0.2, -0.15) is 5.10 Å². The van der Waals surface area contributed by atoms with Crippen LogP contribution in [0.1, 0.15) is 57.7 Å². The Hall–Kier alpha value is -1.90. The molecule has 7 nitrogen and oxygen atoms in total. The third-order valence-electron chi connectivity index (χ3n) is 5.52. The molecule has 2 aromatic rings. The monoisotopic (exact) mass is 437 g/mol. The number of carbonyl (C=O) groups excluding carboxylic acids is 2. The van der Waals surface area contributed by atoms with Gasteiger partial charge in [-0.25, -0.2) is 0 Å². The second kappa shape index (κ2) is 9.73. The quantitative estimate of drug-likeness (QED) is 0.753. The Morgan fingerprint density at radius 3 is 3.00 bits per heavy atom. The Bertz CT molecular complexity index is 841. The highest BCUT2D eigenvalue weighted by Crippen LogP contribution is 2.36. The van der Waals surface area contributed by atoms with Crippen molar-refractivity contribution in [1.29, 1.82) is 0 Å². The summed E-state index contributed by atoms with van der Waals surface area (Å²) in [5, 5.41) is 10.7. The second-order valence-electron chi connectivity index (χ2n) is 7.41. The highest BCUT2D eigenvalue weighted by Gasteiger charge is 2.31. The lowest BCUT2D eigenvalue weighted by molar-refractivity contribution is -0.132. The summed E-state index contributed by atoms with van der Waals surface area (Å²) in [7, 11) is 1.64. The van der Waals surface area contributed by atoms with Gasteiger partial charge in [0.1, 0.15) is 0 Å². The number of aromatic nitrogens is 2. The number of thiophene rings is 1. The summed E-state index contributed by atoms with van der Waals surface area (Å²) in [4.78, 5) is 28.5. The zero-order valence-corrected chi connectivity index (χ0v) is 18.3. The van der Waals surface area contributed by atoms with Crippen molar-refractivity contribution < 1.29 is 9.59 Å². The number of nitrogens with one attached hydrogen (secondary N) is 2. The van der Waals surface area contributed by atoms with Crippen molar-refractivity contribution in [2.24, 2.45) is 0 Å². The van der Waals surface area contributed by atoms with Gasteiger partial charge in [-0.15, -0.1) is 23.7 Å². The summed E-state index contributed by atoms with van der Waals surface area (Å²) in [6.45, 7) is 3.61. The van der Waals surface area contributed by atoms with Crippen molar-refractivity contribution in [2.45, 2.75) is 51.2 Å². The number of hydrogen-bond acceptors (Lipinski definition) is 5. The first-order valence-electron chi connectivity index (χ1n) is 10.0. The van der Waals surface area contributed by atoms with E-state index in [0.717, 1.165) is 56.0 Å². The molecule has 9 heteroatoms. The van der Waals surface area contributed by atoms with Crippen molar-refractivity contribution in [2.75, 3.05) is 20.1 Å². The molecule has 2 aliphatic heterocycles. The minimum Gasteiger partial charge on any atom is -0.354 e. The van der Waals surface area contributed by atoms with Crippen LogP contribution in [0.15, 0.2) is 18.2 Å². The molecule has 1 saturated heterocycles. The second-order valence-corrected chi connectivity index (χ2v) is 8.52. The summed E-state index contributed by atoms with van der Waals surface area (Å²) in [6.07, 6.45) is 4.21. The van der Waals surface area contributed by atoms with Crippen LogP contribution in [-0.4, -0.2) is 46.6 Å². The summed E-state index contributed by atoms with van der Waals surface area (Å²) in [5.41, 5.74) is 2.21. The van der Waals surface area contributed by atoms with Crippen molar-refractivity contribution in [3.8, 4) is 0 Å². The molecule has 2 aliphatic rings. The predicted molar refractivity (Wildman–Crippen MR) is 116 cm³/mol. The third-order valence-corrected chi connectivity index (χ3v) is 6.70. The zero-order valence-electron chi connectivity index (χ0n) is 16.6. The van der Waals surface area contributed by atoms with Crippen LogP contribution in [0, 0.1) is 0 Å². The Morgan fingerprint density at radius 2 is 2.17 bits per heavy atom. The fraction of sp³-hybridized carbons (Fsp3) is 0.550. The van der Waals surface area contributed by atoms with Crippen molar-refractivity contribution in [3.05, 3.63) is 39.3 Å². The first-order valence-corrected chi connectivity index (χ1v) is 10.8. The van der Waals surface area contributed by atoms with E-state index in [1.54, 1.807) is 7.05 Å². The van der Waals surface area contributed by atoms with Gasteiger partial charge in [-0.3, -0.25) is 14.3 Å². The van der Waals surface area contributed by atoms with E-state index in [9.17, 15) is 9.59 Å². The molecule has 1 fully saturated rings. The van der Waals surface area contributed by atoms with E-state index >= 15 is 0 Å². The highest BCUT2D eigenvalue weighted by molar-refractivity contribution is 7.14. The van der Waals surface area contributed by atoms with E-state index in [-0.39, 0.29) is 30.3 Å². The van der Waals surface area contributed by atoms with Crippen LogP contribution in [0.3, 0.4) is 0 Å².